The Morgan fingerprint density at radius 2 is 2.04 bits per heavy atom. The molecule has 0 aliphatic heterocycles. The van der Waals surface area contributed by atoms with Gasteiger partial charge in [-0.2, -0.15) is 0 Å². The van der Waals surface area contributed by atoms with Gasteiger partial charge in [0.05, 0.1) is 19.0 Å². The molecule has 23 heavy (non-hydrogen) atoms. The first-order valence-electron chi connectivity index (χ1n) is 7.28. The Morgan fingerprint density at radius 1 is 1.22 bits per heavy atom. The van der Waals surface area contributed by atoms with Gasteiger partial charge in [0.15, 0.2) is 5.82 Å². The van der Waals surface area contributed by atoms with Crippen molar-refractivity contribution in [2.24, 2.45) is 0 Å². The fraction of sp³-hybridized carbons (Fsp3) is 0.375. The van der Waals surface area contributed by atoms with Crippen molar-refractivity contribution in [3.8, 4) is 11.6 Å². The third kappa shape index (κ3) is 3.62. The fourth-order valence-corrected chi connectivity index (χ4v) is 2.16. The maximum atomic E-state index is 12.4. The molecule has 0 atom stereocenters. The number of rotatable bonds is 6. The molecule has 1 fully saturated rings. The number of aromatic nitrogens is 3. The van der Waals surface area contributed by atoms with Gasteiger partial charge in [-0.25, -0.2) is 19.7 Å². The SMILES string of the molecule is COCc1ncc(C(=O)Oc2ccc(OC)cn2)c(C2CC2)n1. The minimum Gasteiger partial charge on any atom is -0.495 e. The van der Waals surface area contributed by atoms with Crippen LogP contribution < -0.4 is 9.47 Å². The van der Waals surface area contributed by atoms with Crippen LogP contribution in [0.2, 0.25) is 0 Å². The van der Waals surface area contributed by atoms with Crippen molar-refractivity contribution in [1.82, 2.24) is 15.0 Å². The average molecular weight is 315 g/mol. The Kier molecular flexibility index (Phi) is 4.47. The first kappa shape index (κ1) is 15.4. The second kappa shape index (κ2) is 6.70. The number of carbonyl (C=O) groups is 1. The van der Waals surface area contributed by atoms with E-state index in [1.165, 1.54) is 12.4 Å². The molecule has 1 aliphatic rings. The van der Waals surface area contributed by atoms with Crippen molar-refractivity contribution in [2.45, 2.75) is 25.4 Å². The summed E-state index contributed by atoms with van der Waals surface area (Å²) in [5.74, 6) is 1.15. The largest absolute Gasteiger partial charge is 0.495 e. The normalized spacial score (nSPS) is 13.7. The van der Waals surface area contributed by atoms with Crippen LogP contribution in [0.25, 0.3) is 0 Å². The molecule has 120 valence electrons. The molecule has 0 bridgehead atoms. The quantitative estimate of drug-likeness (QED) is 0.755. The van der Waals surface area contributed by atoms with Crippen LogP contribution in [0.5, 0.6) is 11.6 Å². The summed E-state index contributed by atoms with van der Waals surface area (Å²) in [4.78, 5) is 25.0. The summed E-state index contributed by atoms with van der Waals surface area (Å²) in [6, 6.07) is 3.25. The third-order valence-corrected chi connectivity index (χ3v) is 3.47. The van der Waals surface area contributed by atoms with Gasteiger partial charge in [-0.3, -0.25) is 0 Å². The number of methoxy groups -OCH3 is 2. The Morgan fingerprint density at radius 3 is 2.65 bits per heavy atom. The van der Waals surface area contributed by atoms with Crippen LogP contribution in [-0.4, -0.2) is 35.1 Å². The van der Waals surface area contributed by atoms with E-state index in [-0.39, 0.29) is 5.88 Å². The van der Waals surface area contributed by atoms with E-state index in [2.05, 4.69) is 15.0 Å². The smallest absolute Gasteiger partial charge is 0.348 e. The Labute approximate surface area is 133 Å². The molecular formula is C16H17N3O4. The van der Waals surface area contributed by atoms with Gasteiger partial charge in [-0.1, -0.05) is 0 Å². The zero-order valence-corrected chi connectivity index (χ0v) is 13.0. The highest BCUT2D eigenvalue weighted by Gasteiger charge is 2.31. The molecule has 0 aromatic carbocycles. The molecule has 3 rings (SSSR count). The number of ether oxygens (including phenoxy) is 3. The van der Waals surface area contributed by atoms with Crippen molar-refractivity contribution in [3.63, 3.8) is 0 Å². The van der Waals surface area contributed by atoms with Gasteiger partial charge < -0.3 is 14.2 Å². The van der Waals surface area contributed by atoms with Crippen LogP contribution in [0.4, 0.5) is 0 Å². The lowest BCUT2D eigenvalue weighted by Gasteiger charge is -2.09. The summed E-state index contributed by atoms with van der Waals surface area (Å²) >= 11 is 0. The van der Waals surface area contributed by atoms with Crippen LogP contribution in [0, 0.1) is 0 Å². The van der Waals surface area contributed by atoms with E-state index in [0.717, 1.165) is 18.5 Å². The van der Waals surface area contributed by atoms with E-state index in [1.807, 2.05) is 0 Å². The summed E-state index contributed by atoms with van der Waals surface area (Å²) in [5, 5.41) is 0. The Bertz CT molecular complexity index is 699. The van der Waals surface area contributed by atoms with Crippen molar-refractivity contribution < 1.29 is 19.0 Å². The predicted octanol–water partition coefficient (Wildman–Crippen LogP) is 2.12. The maximum absolute atomic E-state index is 12.4. The van der Waals surface area contributed by atoms with Gasteiger partial charge in [0.2, 0.25) is 5.88 Å². The lowest BCUT2D eigenvalue weighted by atomic mass is 10.1. The number of nitrogens with zero attached hydrogens (tertiary/aromatic N) is 3. The van der Waals surface area contributed by atoms with Gasteiger partial charge in [0.25, 0.3) is 0 Å². The molecule has 0 N–H and O–H groups in total. The van der Waals surface area contributed by atoms with Gasteiger partial charge in [-0.15, -0.1) is 0 Å². The molecule has 7 heteroatoms. The molecule has 0 spiro atoms. The van der Waals surface area contributed by atoms with Crippen molar-refractivity contribution >= 4 is 5.97 Å². The fourth-order valence-electron chi connectivity index (χ4n) is 2.16. The van der Waals surface area contributed by atoms with Crippen molar-refractivity contribution in [3.05, 3.63) is 41.6 Å². The highest BCUT2D eigenvalue weighted by atomic mass is 16.5. The predicted molar refractivity (Wildman–Crippen MR) is 80.5 cm³/mol. The van der Waals surface area contributed by atoms with Crippen LogP contribution in [-0.2, 0) is 11.3 Å². The van der Waals surface area contributed by atoms with E-state index in [4.69, 9.17) is 14.2 Å². The van der Waals surface area contributed by atoms with E-state index < -0.39 is 5.97 Å². The van der Waals surface area contributed by atoms with Crippen LogP contribution >= 0.6 is 0 Å². The molecule has 0 radical (unpaired) electrons. The second-order valence-corrected chi connectivity index (χ2v) is 5.22. The Balaban J connectivity index is 1.80. The molecule has 2 heterocycles. The number of hydrogen-bond donors (Lipinski definition) is 0. The summed E-state index contributed by atoms with van der Waals surface area (Å²) in [6.07, 6.45) is 5.03. The third-order valence-electron chi connectivity index (χ3n) is 3.47. The average Bonchev–Trinajstić information content (AvgIpc) is 3.40. The molecule has 2 aromatic heterocycles. The monoisotopic (exact) mass is 315 g/mol. The first-order valence-corrected chi connectivity index (χ1v) is 7.28. The van der Waals surface area contributed by atoms with Crippen molar-refractivity contribution in [2.75, 3.05) is 14.2 Å². The number of carbonyl (C=O) groups excluding carboxylic acids is 1. The van der Waals surface area contributed by atoms with E-state index in [0.29, 0.717) is 29.7 Å². The molecule has 0 saturated heterocycles. The van der Waals surface area contributed by atoms with Gasteiger partial charge in [0.1, 0.15) is 17.9 Å². The highest BCUT2D eigenvalue weighted by molar-refractivity contribution is 5.92. The summed E-state index contributed by atoms with van der Waals surface area (Å²) < 4.78 is 15.4. The van der Waals surface area contributed by atoms with E-state index in [9.17, 15) is 4.79 Å². The maximum Gasteiger partial charge on any atom is 0.348 e. The Hall–Kier alpha value is -2.54. The number of hydrogen-bond acceptors (Lipinski definition) is 7. The highest BCUT2D eigenvalue weighted by Crippen LogP contribution is 2.40. The van der Waals surface area contributed by atoms with Gasteiger partial charge >= 0.3 is 5.97 Å². The lowest BCUT2D eigenvalue weighted by molar-refractivity contribution is 0.0724. The lowest BCUT2D eigenvalue weighted by Crippen LogP contribution is -2.15. The zero-order chi connectivity index (χ0) is 16.2. The van der Waals surface area contributed by atoms with Crippen LogP contribution in [0.1, 0.15) is 40.6 Å². The first-order chi connectivity index (χ1) is 11.2. The summed E-state index contributed by atoms with van der Waals surface area (Å²) in [7, 11) is 3.13. The molecule has 1 aliphatic carbocycles. The van der Waals surface area contributed by atoms with E-state index in [1.54, 1.807) is 26.4 Å². The topological polar surface area (TPSA) is 83.4 Å². The number of pyridine rings is 1. The molecule has 7 nitrogen and oxygen atoms in total. The number of esters is 1. The van der Waals surface area contributed by atoms with Crippen LogP contribution in [0.15, 0.2) is 24.5 Å². The molecule has 2 aromatic rings. The summed E-state index contributed by atoms with van der Waals surface area (Å²) in [5.41, 5.74) is 1.11. The summed E-state index contributed by atoms with van der Waals surface area (Å²) in [6.45, 7) is 0.315. The minimum absolute atomic E-state index is 0.207. The molecule has 0 amide bonds. The molecule has 1 saturated carbocycles. The van der Waals surface area contributed by atoms with Gasteiger partial charge in [-0.05, 0) is 18.9 Å². The van der Waals surface area contributed by atoms with Crippen LogP contribution in [0.3, 0.4) is 0 Å². The van der Waals surface area contributed by atoms with Crippen molar-refractivity contribution in [1.29, 1.82) is 0 Å². The molecular weight excluding hydrogens is 298 g/mol. The van der Waals surface area contributed by atoms with Gasteiger partial charge in [0, 0.05) is 25.3 Å². The minimum atomic E-state index is -0.506. The standard InChI is InChI=1S/C16H17N3O4/c1-21-9-13-17-8-12(15(19-13)10-3-4-10)16(20)23-14-6-5-11(22-2)7-18-14/h5-8,10H,3-4,9H2,1-2H3. The second-order valence-electron chi connectivity index (χ2n) is 5.22. The van der Waals surface area contributed by atoms with E-state index >= 15 is 0 Å². The molecule has 0 unspecified atom stereocenters. The zero-order valence-electron chi connectivity index (χ0n) is 13.0.